The molecule has 0 atom stereocenters. The fraction of sp³-hybridized carbons (Fsp3) is 0.130. The summed E-state index contributed by atoms with van der Waals surface area (Å²) in [6.07, 6.45) is 2.72. The number of carbonyl (C=O) groups excluding carboxylic acids is 2. The molecule has 0 bridgehead atoms. The largest absolute Gasteiger partial charge is 0.462 e. The van der Waals surface area contributed by atoms with Crippen LogP contribution < -0.4 is 10.6 Å². The molecule has 0 fully saturated rings. The molecule has 0 aliphatic heterocycles. The number of nitrogens with one attached hydrogen (secondary N) is 2. The highest BCUT2D eigenvalue weighted by molar-refractivity contribution is 7.80. The van der Waals surface area contributed by atoms with E-state index in [-0.39, 0.29) is 17.3 Å². The lowest BCUT2D eigenvalue weighted by molar-refractivity contribution is -0.115. The van der Waals surface area contributed by atoms with Crippen LogP contribution in [0.2, 0.25) is 10.0 Å². The summed E-state index contributed by atoms with van der Waals surface area (Å²) >= 11 is 18.3. The highest BCUT2D eigenvalue weighted by atomic mass is 35.5. The van der Waals surface area contributed by atoms with Gasteiger partial charge in [-0.05, 0) is 68.0 Å². The number of halogens is 2. The quantitative estimate of drug-likeness (QED) is 0.221. The van der Waals surface area contributed by atoms with Crippen LogP contribution in [0, 0.1) is 18.3 Å². The van der Waals surface area contributed by atoms with Gasteiger partial charge in [-0.1, -0.05) is 23.2 Å². The maximum Gasteiger partial charge on any atom is 0.348 e. The lowest BCUT2D eigenvalue weighted by atomic mass is 10.2. The topological polar surface area (TPSA) is 104 Å². The van der Waals surface area contributed by atoms with E-state index in [0.717, 1.165) is 11.3 Å². The summed E-state index contributed by atoms with van der Waals surface area (Å²) in [6, 6.07) is 10.5. The molecule has 174 valence electrons. The lowest BCUT2D eigenvalue weighted by Gasteiger charge is -2.06. The zero-order valence-electron chi connectivity index (χ0n) is 17.9. The van der Waals surface area contributed by atoms with Gasteiger partial charge in [-0.25, -0.2) is 4.79 Å². The third kappa shape index (κ3) is 6.04. The van der Waals surface area contributed by atoms with Crippen molar-refractivity contribution in [2.24, 2.45) is 0 Å². The second-order valence-corrected chi connectivity index (χ2v) is 8.97. The summed E-state index contributed by atoms with van der Waals surface area (Å²) in [5, 5.41) is 16.0. The summed E-state index contributed by atoms with van der Waals surface area (Å²) in [5.74, 6) is -0.0919. The smallest absolute Gasteiger partial charge is 0.348 e. The van der Waals surface area contributed by atoms with E-state index in [0.29, 0.717) is 42.6 Å². The van der Waals surface area contributed by atoms with Crippen molar-refractivity contribution in [2.75, 3.05) is 11.9 Å². The zero-order valence-corrected chi connectivity index (χ0v) is 21.0. The number of carbonyl (C=O) groups is 2. The summed E-state index contributed by atoms with van der Waals surface area (Å²) in [7, 11) is 0. The fourth-order valence-corrected chi connectivity index (χ4v) is 4.67. The Hall–Kier alpha value is -3.16. The maximum absolute atomic E-state index is 12.3. The molecule has 1 aromatic carbocycles. The van der Waals surface area contributed by atoms with Gasteiger partial charge in [0.25, 0.3) is 0 Å². The molecule has 2 N–H and O–H groups in total. The number of hydrogen-bond donors (Lipinski definition) is 2. The van der Waals surface area contributed by atoms with Crippen molar-refractivity contribution in [3.8, 4) is 17.4 Å². The zero-order chi connectivity index (χ0) is 24.8. The van der Waals surface area contributed by atoms with E-state index in [1.807, 2.05) is 6.07 Å². The molecule has 0 saturated heterocycles. The van der Waals surface area contributed by atoms with Crippen LogP contribution in [0.25, 0.3) is 17.4 Å². The molecule has 1 amide bonds. The summed E-state index contributed by atoms with van der Waals surface area (Å²) in [4.78, 5) is 24.6. The Bertz CT molecular complexity index is 1340. The van der Waals surface area contributed by atoms with Crippen molar-refractivity contribution >= 4 is 74.8 Å². The fourth-order valence-electron chi connectivity index (χ4n) is 2.85. The number of nitrogens with zero attached hydrogens (tertiary/aromatic N) is 1. The first-order valence-electron chi connectivity index (χ1n) is 9.79. The molecule has 2 heterocycles. The van der Waals surface area contributed by atoms with Gasteiger partial charge in [0.1, 0.15) is 27.5 Å². The van der Waals surface area contributed by atoms with Gasteiger partial charge in [-0.15, -0.1) is 11.3 Å². The van der Waals surface area contributed by atoms with Gasteiger partial charge in [0, 0.05) is 16.7 Å². The van der Waals surface area contributed by atoms with Crippen molar-refractivity contribution in [3.05, 3.63) is 68.2 Å². The molecule has 7 nitrogen and oxygen atoms in total. The van der Waals surface area contributed by atoms with Crippen molar-refractivity contribution in [2.45, 2.75) is 13.8 Å². The van der Waals surface area contributed by atoms with E-state index in [4.69, 9.17) is 44.6 Å². The summed E-state index contributed by atoms with van der Waals surface area (Å²) < 4.78 is 10.7. The van der Waals surface area contributed by atoms with Crippen molar-refractivity contribution in [1.29, 1.82) is 5.26 Å². The van der Waals surface area contributed by atoms with Crippen LogP contribution in [0.4, 0.5) is 5.00 Å². The minimum absolute atomic E-state index is 0.0316. The van der Waals surface area contributed by atoms with Gasteiger partial charge in [0.05, 0.1) is 17.2 Å². The Morgan fingerprint density at radius 1 is 1.29 bits per heavy atom. The molecular weight excluding hydrogens is 517 g/mol. The number of thiophene rings is 1. The number of benzene rings is 1. The lowest BCUT2D eigenvalue weighted by Crippen LogP contribution is -2.32. The number of hydrogen-bond acceptors (Lipinski definition) is 7. The molecule has 3 rings (SSSR count). The minimum Gasteiger partial charge on any atom is -0.462 e. The van der Waals surface area contributed by atoms with Crippen LogP contribution in [0.3, 0.4) is 0 Å². The molecule has 11 heteroatoms. The number of rotatable bonds is 6. The van der Waals surface area contributed by atoms with Crippen molar-refractivity contribution < 1.29 is 18.7 Å². The van der Waals surface area contributed by atoms with Crippen LogP contribution >= 0.6 is 46.8 Å². The monoisotopic (exact) mass is 533 g/mol. The Morgan fingerprint density at radius 2 is 2.06 bits per heavy atom. The third-order valence-corrected chi connectivity index (χ3v) is 6.34. The second kappa shape index (κ2) is 11.3. The number of ether oxygens (including phenoxy) is 1. The number of amides is 1. The van der Waals surface area contributed by atoms with Gasteiger partial charge in [0.2, 0.25) is 5.91 Å². The normalized spacial score (nSPS) is 10.7. The second-order valence-electron chi connectivity index (χ2n) is 6.70. The van der Waals surface area contributed by atoms with E-state index in [1.165, 1.54) is 12.2 Å². The molecule has 0 aliphatic carbocycles. The molecule has 34 heavy (non-hydrogen) atoms. The van der Waals surface area contributed by atoms with Gasteiger partial charge < -0.3 is 14.5 Å². The first-order chi connectivity index (χ1) is 16.2. The van der Waals surface area contributed by atoms with E-state index in [9.17, 15) is 14.9 Å². The Kier molecular flexibility index (Phi) is 8.47. The van der Waals surface area contributed by atoms with E-state index < -0.39 is 11.9 Å². The van der Waals surface area contributed by atoms with E-state index >= 15 is 0 Å². The minimum atomic E-state index is -0.523. The molecule has 0 aliphatic rings. The van der Waals surface area contributed by atoms with Crippen LogP contribution in [0.5, 0.6) is 0 Å². The van der Waals surface area contributed by atoms with Crippen LogP contribution in [0.1, 0.15) is 33.5 Å². The van der Waals surface area contributed by atoms with Crippen molar-refractivity contribution in [1.82, 2.24) is 5.32 Å². The molecule has 3 aromatic rings. The Labute approximate surface area is 214 Å². The van der Waals surface area contributed by atoms with E-state index in [2.05, 4.69) is 10.6 Å². The summed E-state index contributed by atoms with van der Waals surface area (Å²) in [5.41, 5.74) is 1.41. The number of nitriles is 1. The molecule has 2 aromatic heterocycles. The predicted molar refractivity (Wildman–Crippen MR) is 137 cm³/mol. The number of anilines is 1. The Balaban J connectivity index is 1.64. The van der Waals surface area contributed by atoms with E-state index in [1.54, 1.807) is 44.2 Å². The van der Waals surface area contributed by atoms with Gasteiger partial charge >= 0.3 is 5.97 Å². The molecular formula is C23H17Cl2N3O4S2. The first kappa shape index (κ1) is 25.5. The van der Waals surface area contributed by atoms with Crippen LogP contribution in [-0.2, 0) is 9.53 Å². The molecule has 0 unspecified atom stereocenters. The predicted octanol–water partition coefficient (Wildman–Crippen LogP) is 6.20. The average molecular weight is 534 g/mol. The van der Waals surface area contributed by atoms with Gasteiger partial charge in [-0.3, -0.25) is 10.1 Å². The average Bonchev–Trinajstić information content (AvgIpc) is 3.36. The summed E-state index contributed by atoms with van der Waals surface area (Å²) in [6.45, 7) is 3.55. The van der Waals surface area contributed by atoms with Crippen molar-refractivity contribution in [3.63, 3.8) is 0 Å². The Morgan fingerprint density at radius 3 is 2.74 bits per heavy atom. The van der Waals surface area contributed by atoms with Gasteiger partial charge in [0.15, 0.2) is 5.11 Å². The number of esters is 1. The van der Waals surface area contributed by atoms with Crippen LogP contribution in [0.15, 0.2) is 40.8 Å². The van der Waals surface area contributed by atoms with Gasteiger partial charge in [-0.2, -0.15) is 5.26 Å². The maximum atomic E-state index is 12.3. The SMILES string of the molecule is CCOC(=O)c1sc(NC(=S)NC(=O)/C=C/c2ccc(-c3ccc(Cl)cc3Cl)o2)c(C#N)c1C. The third-order valence-electron chi connectivity index (χ3n) is 4.41. The van der Waals surface area contributed by atoms with Crippen LogP contribution in [-0.4, -0.2) is 23.6 Å². The number of furan rings is 1. The standard InChI is InChI=1S/C23H17Cl2N3O4S2/c1-3-31-22(30)20-12(2)16(11-26)21(34-20)28-23(33)27-19(29)9-6-14-5-8-18(32-14)15-7-4-13(24)10-17(15)25/h4-10H,3H2,1-2H3,(H2,27,28,29,33)/b9-6+. The molecule has 0 saturated carbocycles. The molecule has 0 spiro atoms. The molecule has 0 radical (unpaired) electrons. The highest BCUT2D eigenvalue weighted by Crippen LogP contribution is 2.33. The number of thiocarbonyl (C=S) groups is 1. The first-order valence-corrected chi connectivity index (χ1v) is 11.8. The highest BCUT2D eigenvalue weighted by Gasteiger charge is 2.21.